The highest BCUT2D eigenvalue weighted by atomic mass is 16.5. The Kier molecular flexibility index (Phi) is 8.18. The number of primary amides is 1. The molecule has 0 aromatic carbocycles. The zero-order valence-electron chi connectivity index (χ0n) is 14.2. The van der Waals surface area contributed by atoms with Gasteiger partial charge in [-0.15, -0.1) is 0 Å². The van der Waals surface area contributed by atoms with Gasteiger partial charge in [-0.25, -0.2) is 0 Å². The first-order chi connectivity index (χ1) is 11.0. The van der Waals surface area contributed by atoms with Crippen LogP contribution in [0.25, 0.3) is 0 Å². The Labute approximate surface area is 137 Å². The lowest BCUT2D eigenvalue weighted by atomic mass is 9.93. The van der Waals surface area contributed by atoms with Gasteiger partial charge in [0.05, 0.1) is 18.2 Å². The molecule has 0 aliphatic carbocycles. The van der Waals surface area contributed by atoms with E-state index < -0.39 is 5.41 Å². The fourth-order valence-corrected chi connectivity index (χ4v) is 1.64. The number of hydrogen-bond acceptors (Lipinski definition) is 4. The molecule has 0 aliphatic heterocycles. The molecular formula is C16H28N4O3. The quantitative estimate of drug-likeness (QED) is 0.341. The van der Waals surface area contributed by atoms with Gasteiger partial charge in [-0.05, 0) is 39.3 Å². The summed E-state index contributed by atoms with van der Waals surface area (Å²) >= 11 is 0. The van der Waals surface area contributed by atoms with Crippen LogP contribution in [0.5, 0.6) is 0 Å². The molecule has 0 radical (unpaired) electrons. The van der Waals surface area contributed by atoms with E-state index in [9.17, 15) is 4.79 Å². The fraction of sp³-hybridized carbons (Fsp3) is 0.625. The van der Waals surface area contributed by atoms with E-state index in [-0.39, 0.29) is 5.91 Å². The number of rotatable bonds is 10. The minimum atomic E-state index is -0.658. The summed E-state index contributed by atoms with van der Waals surface area (Å²) in [5, 5.41) is 6.35. The third-order valence-electron chi connectivity index (χ3n) is 3.23. The summed E-state index contributed by atoms with van der Waals surface area (Å²) in [5.74, 6) is 1.14. The first kappa shape index (κ1) is 19.0. The molecule has 0 spiro atoms. The number of nitrogens with one attached hydrogen (secondary N) is 2. The molecule has 23 heavy (non-hydrogen) atoms. The summed E-state index contributed by atoms with van der Waals surface area (Å²) in [5.41, 5.74) is 4.69. The zero-order valence-corrected chi connectivity index (χ0v) is 14.2. The third-order valence-corrected chi connectivity index (χ3v) is 3.23. The summed E-state index contributed by atoms with van der Waals surface area (Å²) in [7, 11) is 0. The van der Waals surface area contributed by atoms with Gasteiger partial charge in [-0.1, -0.05) is 0 Å². The molecule has 1 aromatic heterocycles. The molecule has 0 atom stereocenters. The highest BCUT2D eigenvalue weighted by Crippen LogP contribution is 2.13. The number of aliphatic imine (C=N–C) groups is 1. The minimum absolute atomic E-state index is 0.340. The monoisotopic (exact) mass is 324 g/mol. The smallest absolute Gasteiger partial charge is 0.224 e. The predicted octanol–water partition coefficient (Wildman–Crippen LogP) is 1.25. The molecule has 1 rings (SSSR count). The molecule has 7 nitrogen and oxygen atoms in total. The highest BCUT2D eigenvalue weighted by molar-refractivity contribution is 5.82. The van der Waals surface area contributed by atoms with Crippen LogP contribution in [0.1, 0.15) is 33.0 Å². The maximum Gasteiger partial charge on any atom is 0.224 e. The highest BCUT2D eigenvalue weighted by Gasteiger charge is 2.24. The second kappa shape index (κ2) is 9.89. The van der Waals surface area contributed by atoms with Gasteiger partial charge < -0.3 is 25.5 Å². The molecule has 0 bridgehead atoms. The molecular weight excluding hydrogens is 296 g/mol. The van der Waals surface area contributed by atoms with Gasteiger partial charge in [0.15, 0.2) is 5.96 Å². The first-order valence-corrected chi connectivity index (χ1v) is 7.88. The van der Waals surface area contributed by atoms with E-state index in [4.69, 9.17) is 14.9 Å². The maximum atomic E-state index is 11.3. The predicted molar refractivity (Wildman–Crippen MR) is 89.9 cm³/mol. The number of carbonyl (C=O) groups is 1. The molecule has 0 unspecified atom stereocenters. The van der Waals surface area contributed by atoms with Crippen molar-refractivity contribution in [3.8, 4) is 0 Å². The zero-order chi connectivity index (χ0) is 17.1. The van der Waals surface area contributed by atoms with Crippen LogP contribution in [0.15, 0.2) is 27.8 Å². The summed E-state index contributed by atoms with van der Waals surface area (Å²) < 4.78 is 10.7. The normalized spacial score (nSPS) is 12.2. The van der Waals surface area contributed by atoms with Gasteiger partial charge in [-0.2, -0.15) is 0 Å². The Morgan fingerprint density at radius 1 is 1.43 bits per heavy atom. The van der Waals surface area contributed by atoms with Gasteiger partial charge in [0.1, 0.15) is 12.4 Å². The number of guanidine groups is 1. The van der Waals surface area contributed by atoms with Crippen LogP contribution in [-0.2, 0) is 16.1 Å². The van der Waals surface area contributed by atoms with Crippen LogP contribution in [0, 0.1) is 5.41 Å². The average molecular weight is 324 g/mol. The molecule has 1 heterocycles. The summed E-state index contributed by atoms with van der Waals surface area (Å²) in [6.07, 6.45) is 2.47. The Hall–Kier alpha value is -2.02. The SMILES string of the molecule is CCNC(=NCC(C)(C)C(N)=O)NCCCOCc1ccco1. The van der Waals surface area contributed by atoms with Crippen LogP contribution in [0.3, 0.4) is 0 Å². The molecule has 4 N–H and O–H groups in total. The van der Waals surface area contributed by atoms with Crippen molar-refractivity contribution in [3.63, 3.8) is 0 Å². The number of nitrogens with zero attached hydrogens (tertiary/aromatic N) is 1. The van der Waals surface area contributed by atoms with Crippen LogP contribution < -0.4 is 16.4 Å². The van der Waals surface area contributed by atoms with Crippen LogP contribution in [0.4, 0.5) is 0 Å². The van der Waals surface area contributed by atoms with Gasteiger partial charge in [0, 0.05) is 19.7 Å². The van der Waals surface area contributed by atoms with E-state index in [1.807, 2.05) is 19.1 Å². The molecule has 7 heteroatoms. The van der Waals surface area contributed by atoms with E-state index in [1.165, 1.54) is 0 Å². The summed E-state index contributed by atoms with van der Waals surface area (Å²) in [6.45, 7) is 8.47. The number of hydrogen-bond donors (Lipinski definition) is 3. The molecule has 130 valence electrons. The number of carbonyl (C=O) groups excluding carboxylic acids is 1. The number of nitrogens with two attached hydrogens (primary N) is 1. The Balaban J connectivity index is 2.25. The van der Waals surface area contributed by atoms with Crippen molar-refractivity contribution >= 4 is 11.9 Å². The summed E-state index contributed by atoms with van der Waals surface area (Å²) in [4.78, 5) is 15.7. The lowest BCUT2D eigenvalue weighted by Crippen LogP contribution is -2.40. The number of furan rings is 1. The van der Waals surface area contributed by atoms with E-state index in [1.54, 1.807) is 20.1 Å². The van der Waals surface area contributed by atoms with Gasteiger partial charge in [0.25, 0.3) is 0 Å². The van der Waals surface area contributed by atoms with Crippen molar-refractivity contribution in [2.24, 2.45) is 16.1 Å². The van der Waals surface area contributed by atoms with Crippen LogP contribution in [0.2, 0.25) is 0 Å². The average Bonchev–Trinajstić information content (AvgIpc) is 3.01. The maximum absolute atomic E-state index is 11.3. The van der Waals surface area contributed by atoms with E-state index in [0.29, 0.717) is 25.7 Å². The van der Waals surface area contributed by atoms with E-state index in [2.05, 4.69) is 15.6 Å². The molecule has 0 aliphatic rings. The van der Waals surface area contributed by atoms with Crippen LogP contribution >= 0.6 is 0 Å². The van der Waals surface area contributed by atoms with Crippen molar-refractivity contribution < 1.29 is 13.9 Å². The largest absolute Gasteiger partial charge is 0.467 e. The van der Waals surface area contributed by atoms with Gasteiger partial charge in [0.2, 0.25) is 5.91 Å². The molecule has 1 aromatic rings. The first-order valence-electron chi connectivity index (χ1n) is 7.88. The molecule has 1 amide bonds. The van der Waals surface area contributed by atoms with Gasteiger partial charge in [-0.3, -0.25) is 9.79 Å². The van der Waals surface area contributed by atoms with E-state index in [0.717, 1.165) is 25.3 Å². The van der Waals surface area contributed by atoms with Crippen molar-refractivity contribution in [1.82, 2.24) is 10.6 Å². The van der Waals surface area contributed by atoms with Crippen molar-refractivity contribution in [2.75, 3.05) is 26.2 Å². The Morgan fingerprint density at radius 3 is 2.83 bits per heavy atom. The second-order valence-corrected chi connectivity index (χ2v) is 5.86. The number of amides is 1. The lowest BCUT2D eigenvalue weighted by molar-refractivity contribution is -0.125. The van der Waals surface area contributed by atoms with E-state index >= 15 is 0 Å². The number of ether oxygens (including phenoxy) is 1. The fourth-order valence-electron chi connectivity index (χ4n) is 1.64. The Morgan fingerprint density at radius 2 is 2.22 bits per heavy atom. The molecule has 0 saturated heterocycles. The van der Waals surface area contributed by atoms with Crippen molar-refractivity contribution in [1.29, 1.82) is 0 Å². The lowest BCUT2D eigenvalue weighted by Gasteiger charge is -2.19. The van der Waals surface area contributed by atoms with Crippen molar-refractivity contribution in [2.45, 2.75) is 33.8 Å². The van der Waals surface area contributed by atoms with Crippen LogP contribution in [-0.4, -0.2) is 38.1 Å². The van der Waals surface area contributed by atoms with Gasteiger partial charge >= 0.3 is 0 Å². The third kappa shape index (κ3) is 7.69. The second-order valence-electron chi connectivity index (χ2n) is 5.86. The summed E-state index contributed by atoms with van der Waals surface area (Å²) in [6, 6.07) is 3.72. The van der Waals surface area contributed by atoms with Crippen molar-refractivity contribution in [3.05, 3.63) is 24.2 Å². The Bertz CT molecular complexity index is 484. The minimum Gasteiger partial charge on any atom is -0.467 e. The topological polar surface area (TPSA) is 102 Å². The molecule has 0 fully saturated rings. The molecule has 0 saturated carbocycles. The standard InChI is InChI=1S/C16H28N4O3/c1-4-18-15(20-12-16(2,3)14(17)21)19-8-6-9-22-11-13-7-5-10-23-13/h5,7,10H,4,6,8-9,11-12H2,1-3H3,(H2,17,21)(H2,18,19,20).